The minimum Gasteiger partial charge on any atom is -0.463 e. The highest BCUT2D eigenvalue weighted by Gasteiger charge is 2.04. The lowest BCUT2D eigenvalue weighted by atomic mass is 10.2. The number of hydrogen-bond acceptors (Lipinski definition) is 5. The third-order valence-electron chi connectivity index (χ3n) is 1.58. The van der Waals surface area contributed by atoms with Gasteiger partial charge in [-0.05, 0) is 12.8 Å². The lowest BCUT2D eigenvalue weighted by molar-refractivity contribution is -0.145. The van der Waals surface area contributed by atoms with Gasteiger partial charge in [0.05, 0.1) is 12.9 Å². The SMILES string of the molecule is C=COC(=O)CCCCC(=O)OCCO. The molecule has 0 spiro atoms. The van der Waals surface area contributed by atoms with Gasteiger partial charge in [-0.15, -0.1) is 0 Å². The van der Waals surface area contributed by atoms with Gasteiger partial charge in [-0.2, -0.15) is 0 Å². The lowest BCUT2D eigenvalue weighted by Crippen LogP contribution is -2.08. The Morgan fingerprint density at radius 2 is 1.80 bits per heavy atom. The van der Waals surface area contributed by atoms with Crippen molar-refractivity contribution in [2.75, 3.05) is 13.2 Å². The fourth-order valence-electron chi connectivity index (χ4n) is 0.922. The first-order valence-corrected chi connectivity index (χ1v) is 4.77. The first-order valence-electron chi connectivity index (χ1n) is 4.77. The molecule has 0 rings (SSSR count). The maximum absolute atomic E-state index is 10.9. The molecule has 0 saturated carbocycles. The van der Waals surface area contributed by atoms with E-state index in [1.807, 2.05) is 0 Å². The van der Waals surface area contributed by atoms with Gasteiger partial charge in [0.25, 0.3) is 0 Å². The van der Waals surface area contributed by atoms with E-state index in [2.05, 4.69) is 16.1 Å². The summed E-state index contributed by atoms with van der Waals surface area (Å²) in [6, 6.07) is 0. The maximum atomic E-state index is 10.9. The first kappa shape index (κ1) is 13.6. The second-order valence-electron chi connectivity index (χ2n) is 2.81. The smallest absolute Gasteiger partial charge is 0.310 e. The molecule has 0 saturated heterocycles. The summed E-state index contributed by atoms with van der Waals surface area (Å²) in [6.45, 7) is 3.11. The van der Waals surface area contributed by atoms with Crippen molar-refractivity contribution in [1.29, 1.82) is 0 Å². The molecule has 0 amide bonds. The van der Waals surface area contributed by atoms with Crippen molar-refractivity contribution in [3.8, 4) is 0 Å². The molecule has 5 nitrogen and oxygen atoms in total. The van der Waals surface area contributed by atoms with Gasteiger partial charge in [0.1, 0.15) is 6.61 Å². The summed E-state index contributed by atoms with van der Waals surface area (Å²) in [5.74, 6) is -0.713. The molecule has 0 aromatic rings. The van der Waals surface area contributed by atoms with E-state index in [9.17, 15) is 9.59 Å². The average Bonchev–Trinajstić information content (AvgIpc) is 2.22. The molecule has 0 bridgehead atoms. The van der Waals surface area contributed by atoms with Crippen LogP contribution in [0.15, 0.2) is 12.8 Å². The Balaban J connectivity index is 3.33. The molecule has 15 heavy (non-hydrogen) atoms. The molecule has 0 aliphatic rings. The van der Waals surface area contributed by atoms with Crippen LogP contribution in [0.1, 0.15) is 25.7 Å². The number of aliphatic hydroxyl groups excluding tert-OH is 1. The zero-order valence-corrected chi connectivity index (χ0v) is 8.61. The predicted octanol–water partition coefficient (Wildman–Crippen LogP) is 0.769. The summed E-state index contributed by atoms with van der Waals surface area (Å²) < 4.78 is 9.11. The van der Waals surface area contributed by atoms with Gasteiger partial charge < -0.3 is 14.6 Å². The topological polar surface area (TPSA) is 72.8 Å². The second kappa shape index (κ2) is 9.21. The normalized spacial score (nSPS) is 9.40. The molecule has 0 fully saturated rings. The molecule has 1 N–H and O–H groups in total. The molecular formula is C10H16O5. The van der Waals surface area contributed by atoms with E-state index in [4.69, 9.17) is 5.11 Å². The Bertz CT molecular complexity index is 212. The molecule has 0 aromatic heterocycles. The van der Waals surface area contributed by atoms with E-state index in [1.165, 1.54) is 0 Å². The number of unbranched alkanes of at least 4 members (excludes halogenated alkanes) is 1. The highest BCUT2D eigenvalue weighted by atomic mass is 16.5. The Labute approximate surface area is 88.7 Å². The van der Waals surface area contributed by atoms with Crippen LogP contribution in [0.5, 0.6) is 0 Å². The van der Waals surface area contributed by atoms with Crippen molar-refractivity contribution in [3.63, 3.8) is 0 Å². The molecule has 0 unspecified atom stereocenters. The number of esters is 2. The summed E-state index contributed by atoms with van der Waals surface area (Å²) in [7, 11) is 0. The van der Waals surface area contributed by atoms with E-state index >= 15 is 0 Å². The first-order chi connectivity index (χ1) is 7.20. The van der Waals surface area contributed by atoms with Crippen LogP contribution in [0, 0.1) is 0 Å². The van der Waals surface area contributed by atoms with E-state index in [0.717, 1.165) is 6.26 Å². The number of rotatable bonds is 8. The monoisotopic (exact) mass is 216 g/mol. The van der Waals surface area contributed by atoms with E-state index in [-0.39, 0.29) is 38.0 Å². The van der Waals surface area contributed by atoms with Gasteiger partial charge in [0.15, 0.2) is 0 Å². The fraction of sp³-hybridized carbons (Fsp3) is 0.600. The van der Waals surface area contributed by atoms with Crippen LogP contribution in [-0.2, 0) is 19.1 Å². The highest BCUT2D eigenvalue weighted by molar-refractivity contribution is 5.70. The second-order valence-corrected chi connectivity index (χ2v) is 2.81. The van der Waals surface area contributed by atoms with Crippen LogP contribution < -0.4 is 0 Å². The Morgan fingerprint density at radius 3 is 2.33 bits per heavy atom. The van der Waals surface area contributed by atoms with Crippen LogP contribution in [-0.4, -0.2) is 30.3 Å². The summed E-state index contributed by atoms with van der Waals surface area (Å²) in [5, 5.41) is 8.37. The fourth-order valence-corrected chi connectivity index (χ4v) is 0.922. The van der Waals surface area contributed by atoms with E-state index < -0.39 is 0 Å². The number of carbonyl (C=O) groups is 2. The molecule has 0 aromatic carbocycles. The molecule has 0 atom stereocenters. The van der Waals surface area contributed by atoms with Crippen molar-refractivity contribution in [3.05, 3.63) is 12.8 Å². The van der Waals surface area contributed by atoms with E-state index in [1.54, 1.807) is 0 Å². The molecule has 0 heterocycles. The highest BCUT2D eigenvalue weighted by Crippen LogP contribution is 2.02. The van der Waals surface area contributed by atoms with Crippen LogP contribution >= 0.6 is 0 Å². The van der Waals surface area contributed by atoms with Gasteiger partial charge in [-0.3, -0.25) is 9.59 Å². The minimum absolute atomic E-state index is 0.0251. The average molecular weight is 216 g/mol. The number of hydrogen-bond donors (Lipinski definition) is 1. The molecule has 0 radical (unpaired) electrons. The number of ether oxygens (including phenoxy) is 2. The molecular weight excluding hydrogens is 200 g/mol. The molecule has 0 aliphatic heterocycles. The van der Waals surface area contributed by atoms with Crippen LogP contribution in [0.4, 0.5) is 0 Å². The van der Waals surface area contributed by atoms with Crippen molar-refractivity contribution >= 4 is 11.9 Å². The number of aliphatic hydroxyl groups is 1. The zero-order chi connectivity index (χ0) is 11.5. The quantitative estimate of drug-likeness (QED) is 0.368. The van der Waals surface area contributed by atoms with Crippen molar-refractivity contribution in [1.82, 2.24) is 0 Å². The maximum Gasteiger partial charge on any atom is 0.310 e. The van der Waals surface area contributed by atoms with Crippen molar-refractivity contribution in [2.45, 2.75) is 25.7 Å². The summed E-state index contributed by atoms with van der Waals surface area (Å²) in [5.41, 5.74) is 0. The third kappa shape index (κ3) is 8.96. The van der Waals surface area contributed by atoms with Gasteiger partial charge in [0.2, 0.25) is 0 Å². The van der Waals surface area contributed by atoms with Crippen LogP contribution in [0.2, 0.25) is 0 Å². The largest absolute Gasteiger partial charge is 0.463 e. The summed E-state index contributed by atoms with van der Waals surface area (Å²) >= 11 is 0. The van der Waals surface area contributed by atoms with Gasteiger partial charge in [0, 0.05) is 12.8 Å². The minimum atomic E-state index is -0.360. The molecule has 0 aliphatic carbocycles. The van der Waals surface area contributed by atoms with E-state index in [0.29, 0.717) is 12.8 Å². The Hall–Kier alpha value is -1.36. The van der Waals surface area contributed by atoms with Gasteiger partial charge in [-0.1, -0.05) is 6.58 Å². The third-order valence-corrected chi connectivity index (χ3v) is 1.58. The Morgan fingerprint density at radius 1 is 1.20 bits per heavy atom. The lowest BCUT2D eigenvalue weighted by Gasteiger charge is -2.02. The van der Waals surface area contributed by atoms with Gasteiger partial charge >= 0.3 is 11.9 Å². The van der Waals surface area contributed by atoms with Crippen molar-refractivity contribution in [2.24, 2.45) is 0 Å². The van der Waals surface area contributed by atoms with Crippen LogP contribution in [0.3, 0.4) is 0 Å². The van der Waals surface area contributed by atoms with Crippen molar-refractivity contribution < 1.29 is 24.2 Å². The van der Waals surface area contributed by atoms with Crippen LogP contribution in [0.25, 0.3) is 0 Å². The summed E-state index contributed by atoms with van der Waals surface area (Å²) in [6.07, 6.45) is 2.73. The standard InChI is InChI=1S/C10H16O5/c1-2-14-9(12)5-3-4-6-10(13)15-8-7-11/h2,11H,1,3-8H2. The predicted molar refractivity (Wildman–Crippen MR) is 52.8 cm³/mol. The zero-order valence-electron chi connectivity index (χ0n) is 8.61. The molecule has 86 valence electrons. The molecule has 5 heteroatoms. The number of carbonyl (C=O) groups excluding carboxylic acids is 2. The Kier molecular flexibility index (Phi) is 8.37. The summed E-state index contributed by atoms with van der Waals surface area (Å²) in [4.78, 5) is 21.7. The van der Waals surface area contributed by atoms with Gasteiger partial charge in [-0.25, -0.2) is 0 Å².